The van der Waals surface area contributed by atoms with Gasteiger partial charge in [0.05, 0.1) is 0 Å². The van der Waals surface area contributed by atoms with Gasteiger partial charge in [-0.05, 0) is 56.6 Å². The van der Waals surface area contributed by atoms with Crippen molar-refractivity contribution in [3.8, 4) is 5.75 Å². The maximum absolute atomic E-state index is 12.3. The standard InChI is InChI=1S/C19H26N2O3/c1-12(22)13-4-3-7-17(10-13)24-11-18(23)21-19-14-5-2-6-15(19)9-16(20)8-14/h3-4,7,10,14-16,19H,2,5-6,8-9,11,20H2,1H3,(H,21,23). The van der Waals surface area contributed by atoms with E-state index in [4.69, 9.17) is 10.5 Å². The molecule has 0 aromatic heterocycles. The van der Waals surface area contributed by atoms with Crippen molar-refractivity contribution in [2.45, 2.75) is 51.1 Å². The molecule has 0 saturated heterocycles. The van der Waals surface area contributed by atoms with Gasteiger partial charge in [-0.3, -0.25) is 9.59 Å². The van der Waals surface area contributed by atoms with E-state index in [0.717, 1.165) is 25.7 Å². The van der Waals surface area contributed by atoms with Crippen LogP contribution in [0.4, 0.5) is 0 Å². The van der Waals surface area contributed by atoms with E-state index in [9.17, 15) is 9.59 Å². The average Bonchev–Trinajstić information content (AvgIpc) is 2.54. The molecular weight excluding hydrogens is 304 g/mol. The lowest BCUT2D eigenvalue weighted by molar-refractivity contribution is -0.125. The summed E-state index contributed by atoms with van der Waals surface area (Å²) in [4.78, 5) is 23.7. The van der Waals surface area contributed by atoms with Gasteiger partial charge in [0, 0.05) is 17.6 Å². The van der Waals surface area contributed by atoms with Crippen LogP contribution in [0.1, 0.15) is 49.4 Å². The van der Waals surface area contributed by atoms with E-state index in [-0.39, 0.29) is 30.4 Å². The Bertz CT molecular complexity index is 602. The second-order valence-corrected chi connectivity index (χ2v) is 7.15. The van der Waals surface area contributed by atoms with Crippen LogP contribution in [0, 0.1) is 11.8 Å². The minimum absolute atomic E-state index is 0.0173. The number of rotatable bonds is 5. The number of nitrogens with two attached hydrogens (primary N) is 1. The number of benzene rings is 1. The van der Waals surface area contributed by atoms with Crippen LogP contribution < -0.4 is 15.8 Å². The van der Waals surface area contributed by atoms with E-state index in [1.165, 1.54) is 13.3 Å². The summed E-state index contributed by atoms with van der Waals surface area (Å²) in [5.74, 6) is 1.43. The molecule has 3 N–H and O–H groups in total. The Morgan fingerprint density at radius 2 is 1.96 bits per heavy atom. The van der Waals surface area contributed by atoms with Gasteiger partial charge in [0.25, 0.3) is 5.91 Å². The SMILES string of the molecule is CC(=O)c1cccc(OCC(=O)NC2C3CCCC2CC(N)C3)c1. The molecule has 0 aliphatic heterocycles. The fourth-order valence-electron chi connectivity index (χ4n) is 4.21. The maximum atomic E-state index is 12.3. The second kappa shape index (κ2) is 7.34. The predicted octanol–water partition coefficient (Wildman–Crippen LogP) is 2.29. The van der Waals surface area contributed by atoms with E-state index in [1.54, 1.807) is 24.3 Å². The lowest BCUT2D eigenvalue weighted by Crippen LogP contribution is -2.54. The first-order valence-electron chi connectivity index (χ1n) is 8.81. The lowest BCUT2D eigenvalue weighted by atomic mass is 9.67. The van der Waals surface area contributed by atoms with Gasteiger partial charge >= 0.3 is 0 Å². The third-order valence-electron chi connectivity index (χ3n) is 5.31. The molecule has 0 radical (unpaired) electrons. The molecule has 2 aliphatic carbocycles. The van der Waals surface area contributed by atoms with Crippen molar-refractivity contribution < 1.29 is 14.3 Å². The molecule has 130 valence electrons. The second-order valence-electron chi connectivity index (χ2n) is 7.15. The molecule has 2 fully saturated rings. The van der Waals surface area contributed by atoms with Crippen LogP contribution in [0.2, 0.25) is 0 Å². The van der Waals surface area contributed by atoms with Crippen LogP contribution in [0.5, 0.6) is 5.75 Å². The number of ketones is 1. The zero-order chi connectivity index (χ0) is 17.1. The topological polar surface area (TPSA) is 81.4 Å². The Kier molecular flexibility index (Phi) is 5.19. The van der Waals surface area contributed by atoms with Gasteiger partial charge in [-0.2, -0.15) is 0 Å². The van der Waals surface area contributed by atoms with E-state index in [0.29, 0.717) is 23.1 Å². The summed E-state index contributed by atoms with van der Waals surface area (Å²) < 4.78 is 5.55. The van der Waals surface area contributed by atoms with E-state index in [2.05, 4.69) is 5.32 Å². The molecule has 0 heterocycles. The normalized spacial score (nSPS) is 28.9. The maximum Gasteiger partial charge on any atom is 0.258 e. The Labute approximate surface area is 142 Å². The highest BCUT2D eigenvalue weighted by Crippen LogP contribution is 2.39. The highest BCUT2D eigenvalue weighted by molar-refractivity contribution is 5.94. The van der Waals surface area contributed by atoms with Crippen LogP contribution in [0.25, 0.3) is 0 Å². The fraction of sp³-hybridized carbons (Fsp3) is 0.579. The number of amides is 1. The van der Waals surface area contributed by atoms with Gasteiger partial charge < -0.3 is 15.8 Å². The molecule has 1 aromatic rings. The minimum Gasteiger partial charge on any atom is -0.484 e. The molecule has 1 amide bonds. The number of hydrogen-bond donors (Lipinski definition) is 2. The zero-order valence-corrected chi connectivity index (χ0v) is 14.2. The zero-order valence-electron chi connectivity index (χ0n) is 14.2. The Balaban J connectivity index is 1.54. The van der Waals surface area contributed by atoms with E-state index < -0.39 is 0 Å². The summed E-state index contributed by atoms with van der Waals surface area (Å²) in [6.45, 7) is 1.49. The van der Waals surface area contributed by atoms with Crippen molar-refractivity contribution in [3.05, 3.63) is 29.8 Å². The van der Waals surface area contributed by atoms with Crippen molar-refractivity contribution in [1.29, 1.82) is 0 Å². The number of nitrogens with one attached hydrogen (secondary N) is 1. The predicted molar refractivity (Wildman–Crippen MR) is 91.9 cm³/mol. The molecule has 24 heavy (non-hydrogen) atoms. The van der Waals surface area contributed by atoms with Crippen molar-refractivity contribution in [2.24, 2.45) is 17.6 Å². The van der Waals surface area contributed by atoms with Crippen molar-refractivity contribution >= 4 is 11.7 Å². The molecule has 5 nitrogen and oxygen atoms in total. The number of carbonyl (C=O) groups is 2. The lowest BCUT2D eigenvalue weighted by Gasteiger charge is -2.45. The summed E-state index contributed by atoms with van der Waals surface area (Å²) in [7, 11) is 0. The number of ether oxygens (including phenoxy) is 1. The third kappa shape index (κ3) is 3.96. The summed E-state index contributed by atoms with van der Waals surface area (Å²) in [6, 6.07) is 7.44. The Morgan fingerprint density at radius 1 is 1.25 bits per heavy atom. The molecule has 2 bridgehead atoms. The third-order valence-corrected chi connectivity index (χ3v) is 5.31. The Hall–Kier alpha value is -1.88. The summed E-state index contributed by atoms with van der Waals surface area (Å²) in [5.41, 5.74) is 6.71. The number of fused-ring (bicyclic) bond motifs is 2. The quantitative estimate of drug-likeness (QED) is 0.812. The fourth-order valence-corrected chi connectivity index (χ4v) is 4.21. The van der Waals surface area contributed by atoms with Crippen LogP contribution in [-0.4, -0.2) is 30.4 Å². The monoisotopic (exact) mass is 330 g/mol. The highest BCUT2D eigenvalue weighted by Gasteiger charge is 2.39. The van der Waals surface area contributed by atoms with Crippen molar-refractivity contribution in [1.82, 2.24) is 5.32 Å². The molecule has 2 aliphatic rings. The van der Waals surface area contributed by atoms with Gasteiger partial charge in [-0.15, -0.1) is 0 Å². The van der Waals surface area contributed by atoms with E-state index >= 15 is 0 Å². The van der Waals surface area contributed by atoms with Crippen molar-refractivity contribution in [2.75, 3.05) is 6.61 Å². The van der Waals surface area contributed by atoms with E-state index in [1.807, 2.05) is 0 Å². The minimum atomic E-state index is -0.0967. The van der Waals surface area contributed by atoms with Crippen molar-refractivity contribution in [3.63, 3.8) is 0 Å². The first-order chi connectivity index (χ1) is 11.5. The van der Waals surface area contributed by atoms with Gasteiger partial charge in [0.15, 0.2) is 12.4 Å². The highest BCUT2D eigenvalue weighted by atomic mass is 16.5. The number of hydrogen-bond acceptors (Lipinski definition) is 4. The first kappa shape index (κ1) is 17.0. The number of carbonyl (C=O) groups excluding carboxylic acids is 2. The Morgan fingerprint density at radius 3 is 2.62 bits per heavy atom. The van der Waals surface area contributed by atoms with Crippen LogP contribution in [0.15, 0.2) is 24.3 Å². The van der Waals surface area contributed by atoms with Gasteiger partial charge in [0.2, 0.25) is 0 Å². The molecule has 3 rings (SSSR count). The van der Waals surface area contributed by atoms with Gasteiger partial charge in [-0.25, -0.2) is 0 Å². The molecule has 2 saturated carbocycles. The molecule has 2 unspecified atom stereocenters. The molecule has 1 aromatic carbocycles. The largest absolute Gasteiger partial charge is 0.484 e. The molecule has 0 spiro atoms. The first-order valence-corrected chi connectivity index (χ1v) is 8.81. The smallest absolute Gasteiger partial charge is 0.258 e. The molecule has 5 heteroatoms. The van der Waals surface area contributed by atoms with Gasteiger partial charge in [-0.1, -0.05) is 18.6 Å². The number of Topliss-reactive ketones (excluding diaryl/α,β-unsaturated/α-hetero) is 1. The molecular formula is C19H26N2O3. The van der Waals surface area contributed by atoms with Crippen LogP contribution >= 0.6 is 0 Å². The summed E-state index contributed by atoms with van der Waals surface area (Å²) >= 11 is 0. The average molecular weight is 330 g/mol. The van der Waals surface area contributed by atoms with Crippen LogP contribution in [-0.2, 0) is 4.79 Å². The van der Waals surface area contributed by atoms with Gasteiger partial charge in [0.1, 0.15) is 5.75 Å². The summed E-state index contributed by atoms with van der Waals surface area (Å²) in [5, 5.41) is 3.16. The molecule has 2 atom stereocenters. The van der Waals surface area contributed by atoms with Crippen LogP contribution in [0.3, 0.4) is 0 Å². The summed E-state index contributed by atoms with van der Waals surface area (Å²) in [6.07, 6.45) is 5.54.